The molecule has 1 atom stereocenters. The molecule has 3 nitrogen and oxygen atoms in total. The predicted octanol–water partition coefficient (Wildman–Crippen LogP) is 3.08. The largest absolute Gasteiger partial charge is 0.329 e. The van der Waals surface area contributed by atoms with Gasteiger partial charge in [0.2, 0.25) is 0 Å². The monoisotopic (exact) mass is 291 g/mol. The molecule has 120 valence electrons. The molecule has 0 saturated carbocycles. The zero-order chi connectivity index (χ0) is 15.8. The van der Waals surface area contributed by atoms with E-state index in [0.29, 0.717) is 18.5 Å². The summed E-state index contributed by atoms with van der Waals surface area (Å²) in [4.78, 5) is 4.73. The van der Waals surface area contributed by atoms with Crippen LogP contribution in [0.5, 0.6) is 0 Å². The van der Waals surface area contributed by atoms with Crippen molar-refractivity contribution in [1.29, 1.82) is 0 Å². The minimum absolute atomic E-state index is 0.332. The smallest absolute Gasteiger partial charge is 0.0470 e. The van der Waals surface area contributed by atoms with Crippen molar-refractivity contribution in [3.63, 3.8) is 0 Å². The Kier molecular flexibility index (Phi) is 7.94. The second kappa shape index (κ2) is 9.19. The SMILES string of the molecule is CCN(CCCN(C)C)C(CN)c1ccc(C(C)C)cc1. The van der Waals surface area contributed by atoms with Gasteiger partial charge in [0.1, 0.15) is 0 Å². The third-order valence-electron chi connectivity index (χ3n) is 4.11. The third-order valence-corrected chi connectivity index (χ3v) is 4.11. The van der Waals surface area contributed by atoms with Crippen molar-refractivity contribution >= 4 is 0 Å². The number of benzene rings is 1. The van der Waals surface area contributed by atoms with Crippen LogP contribution in [0.15, 0.2) is 24.3 Å². The first-order chi connectivity index (χ1) is 9.99. The molecule has 1 aromatic rings. The number of likely N-dealkylation sites (N-methyl/N-ethyl adjacent to an activating group) is 1. The maximum atomic E-state index is 6.06. The molecule has 21 heavy (non-hydrogen) atoms. The van der Waals surface area contributed by atoms with E-state index >= 15 is 0 Å². The van der Waals surface area contributed by atoms with Gasteiger partial charge in [0.15, 0.2) is 0 Å². The highest BCUT2D eigenvalue weighted by atomic mass is 15.2. The first-order valence-corrected chi connectivity index (χ1v) is 8.18. The molecular formula is C18H33N3. The van der Waals surface area contributed by atoms with Gasteiger partial charge in [-0.3, -0.25) is 4.90 Å². The molecule has 0 aliphatic carbocycles. The summed E-state index contributed by atoms with van der Waals surface area (Å²) in [5.74, 6) is 0.581. The fraction of sp³-hybridized carbons (Fsp3) is 0.667. The van der Waals surface area contributed by atoms with Crippen LogP contribution in [0.25, 0.3) is 0 Å². The van der Waals surface area contributed by atoms with Gasteiger partial charge in [-0.25, -0.2) is 0 Å². The summed E-state index contributed by atoms with van der Waals surface area (Å²) in [6.07, 6.45) is 1.18. The van der Waals surface area contributed by atoms with Gasteiger partial charge in [0.05, 0.1) is 0 Å². The van der Waals surface area contributed by atoms with E-state index in [1.54, 1.807) is 0 Å². The molecule has 0 heterocycles. The van der Waals surface area contributed by atoms with Gasteiger partial charge in [-0.15, -0.1) is 0 Å². The predicted molar refractivity (Wildman–Crippen MR) is 92.7 cm³/mol. The van der Waals surface area contributed by atoms with E-state index in [9.17, 15) is 0 Å². The standard InChI is InChI=1S/C18H33N3/c1-6-21(13-7-12-20(4)5)18(14-19)17-10-8-16(9-11-17)15(2)3/h8-11,15,18H,6-7,12-14,19H2,1-5H3. The Hall–Kier alpha value is -0.900. The lowest BCUT2D eigenvalue weighted by Crippen LogP contribution is -2.35. The van der Waals surface area contributed by atoms with E-state index in [2.05, 4.69) is 68.9 Å². The van der Waals surface area contributed by atoms with Gasteiger partial charge in [-0.1, -0.05) is 45.0 Å². The van der Waals surface area contributed by atoms with Crippen molar-refractivity contribution in [2.75, 3.05) is 40.3 Å². The van der Waals surface area contributed by atoms with E-state index in [0.717, 1.165) is 19.6 Å². The van der Waals surface area contributed by atoms with E-state index < -0.39 is 0 Å². The highest BCUT2D eigenvalue weighted by molar-refractivity contribution is 5.27. The Labute approximate surface area is 131 Å². The third kappa shape index (κ3) is 5.77. The second-order valence-electron chi connectivity index (χ2n) is 6.36. The molecule has 0 spiro atoms. The minimum Gasteiger partial charge on any atom is -0.329 e. The van der Waals surface area contributed by atoms with Gasteiger partial charge in [0, 0.05) is 19.1 Å². The highest BCUT2D eigenvalue weighted by Crippen LogP contribution is 2.22. The Morgan fingerprint density at radius 1 is 1.00 bits per heavy atom. The van der Waals surface area contributed by atoms with Gasteiger partial charge in [-0.05, 0) is 50.7 Å². The maximum absolute atomic E-state index is 6.06. The van der Waals surface area contributed by atoms with Crippen LogP contribution in [-0.4, -0.2) is 50.1 Å². The van der Waals surface area contributed by atoms with Crippen molar-refractivity contribution < 1.29 is 0 Å². The first-order valence-electron chi connectivity index (χ1n) is 8.18. The molecular weight excluding hydrogens is 258 g/mol. The molecule has 0 radical (unpaired) electrons. The van der Waals surface area contributed by atoms with E-state index in [-0.39, 0.29) is 0 Å². The molecule has 2 N–H and O–H groups in total. The van der Waals surface area contributed by atoms with Gasteiger partial charge >= 0.3 is 0 Å². The van der Waals surface area contributed by atoms with Crippen LogP contribution in [-0.2, 0) is 0 Å². The zero-order valence-corrected chi connectivity index (χ0v) is 14.5. The maximum Gasteiger partial charge on any atom is 0.0470 e. The molecule has 3 heteroatoms. The number of nitrogens with zero attached hydrogens (tertiary/aromatic N) is 2. The number of hydrogen-bond donors (Lipinski definition) is 1. The summed E-state index contributed by atoms with van der Waals surface area (Å²) in [5.41, 5.74) is 8.79. The normalized spacial score (nSPS) is 13.4. The van der Waals surface area contributed by atoms with Crippen molar-refractivity contribution in [3.8, 4) is 0 Å². The average Bonchev–Trinajstić information content (AvgIpc) is 2.46. The number of nitrogens with two attached hydrogens (primary N) is 1. The second-order valence-corrected chi connectivity index (χ2v) is 6.36. The molecule has 0 fully saturated rings. The summed E-state index contributed by atoms with van der Waals surface area (Å²) < 4.78 is 0. The molecule has 0 aliphatic rings. The summed E-state index contributed by atoms with van der Waals surface area (Å²) in [6, 6.07) is 9.33. The topological polar surface area (TPSA) is 32.5 Å². The van der Waals surface area contributed by atoms with Crippen LogP contribution in [0.4, 0.5) is 0 Å². The van der Waals surface area contributed by atoms with E-state index in [1.165, 1.54) is 17.5 Å². The van der Waals surface area contributed by atoms with Gasteiger partial charge in [-0.2, -0.15) is 0 Å². The minimum atomic E-state index is 0.332. The quantitative estimate of drug-likeness (QED) is 0.759. The van der Waals surface area contributed by atoms with Crippen LogP contribution < -0.4 is 5.73 Å². The van der Waals surface area contributed by atoms with Crippen LogP contribution in [0.1, 0.15) is 50.3 Å². The first kappa shape index (κ1) is 18.1. The highest BCUT2D eigenvalue weighted by Gasteiger charge is 2.17. The van der Waals surface area contributed by atoms with Crippen molar-refractivity contribution in [2.45, 2.75) is 39.2 Å². The fourth-order valence-corrected chi connectivity index (χ4v) is 2.72. The van der Waals surface area contributed by atoms with E-state index in [4.69, 9.17) is 5.73 Å². The molecule has 0 amide bonds. The lowest BCUT2D eigenvalue weighted by Gasteiger charge is -2.30. The Morgan fingerprint density at radius 2 is 1.57 bits per heavy atom. The molecule has 0 aromatic heterocycles. The molecule has 1 aromatic carbocycles. The number of hydrogen-bond acceptors (Lipinski definition) is 3. The van der Waals surface area contributed by atoms with Crippen LogP contribution in [0.3, 0.4) is 0 Å². The summed E-state index contributed by atoms with van der Waals surface area (Å²) in [6.45, 7) is 10.6. The van der Waals surface area contributed by atoms with Crippen molar-refractivity contribution in [1.82, 2.24) is 9.80 Å². The van der Waals surface area contributed by atoms with Crippen LogP contribution in [0, 0.1) is 0 Å². The van der Waals surface area contributed by atoms with Crippen molar-refractivity contribution in [2.24, 2.45) is 5.73 Å². The molecule has 0 bridgehead atoms. The molecule has 0 saturated heterocycles. The lowest BCUT2D eigenvalue weighted by molar-refractivity contribution is 0.201. The van der Waals surface area contributed by atoms with Gasteiger partial charge in [0.25, 0.3) is 0 Å². The summed E-state index contributed by atoms with van der Waals surface area (Å²) in [5, 5.41) is 0. The molecule has 1 unspecified atom stereocenters. The fourth-order valence-electron chi connectivity index (χ4n) is 2.72. The Morgan fingerprint density at radius 3 is 2.00 bits per heavy atom. The van der Waals surface area contributed by atoms with Gasteiger partial charge < -0.3 is 10.6 Å². The average molecular weight is 291 g/mol. The summed E-state index contributed by atoms with van der Waals surface area (Å²) >= 11 is 0. The zero-order valence-electron chi connectivity index (χ0n) is 14.5. The Balaban J connectivity index is 2.73. The Bertz CT molecular complexity index is 384. The molecule has 1 rings (SSSR count). The van der Waals surface area contributed by atoms with Crippen LogP contribution in [0.2, 0.25) is 0 Å². The molecule has 0 aliphatic heterocycles. The number of rotatable bonds is 9. The van der Waals surface area contributed by atoms with E-state index in [1.807, 2.05) is 0 Å². The van der Waals surface area contributed by atoms with Crippen LogP contribution >= 0.6 is 0 Å². The van der Waals surface area contributed by atoms with Crippen molar-refractivity contribution in [3.05, 3.63) is 35.4 Å². The summed E-state index contributed by atoms with van der Waals surface area (Å²) in [7, 11) is 4.25. The lowest BCUT2D eigenvalue weighted by atomic mass is 9.98.